The van der Waals surface area contributed by atoms with Crippen molar-refractivity contribution in [1.29, 1.82) is 0 Å². The van der Waals surface area contributed by atoms with Crippen molar-refractivity contribution < 1.29 is 13.7 Å². The van der Waals surface area contributed by atoms with Gasteiger partial charge in [-0.05, 0) is 62.2 Å². The Balaban J connectivity index is 1.76. The molecule has 1 heterocycles. The number of anilines is 2. The molecular weight excluding hydrogens is 354 g/mol. The molecule has 0 aliphatic carbocycles. The topological polar surface area (TPSA) is 77.0 Å². The maximum absolute atomic E-state index is 13.4. The van der Waals surface area contributed by atoms with Gasteiger partial charge in [-0.15, -0.1) is 0 Å². The fourth-order valence-electron chi connectivity index (χ4n) is 2.29. The molecule has 0 bridgehead atoms. The summed E-state index contributed by atoms with van der Waals surface area (Å²) in [5, 5.41) is 3.82. The molecule has 0 amide bonds. The van der Waals surface area contributed by atoms with Crippen molar-refractivity contribution in [3.63, 3.8) is 0 Å². The molecule has 3 aromatic rings. The number of aromatic nitrogens is 3. The number of halogens is 1. The van der Waals surface area contributed by atoms with E-state index in [9.17, 15) is 8.96 Å². The first-order valence-electron chi connectivity index (χ1n) is 7.86. The molecule has 3 rings (SSSR count). The van der Waals surface area contributed by atoms with Crippen LogP contribution in [0.3, 0.4) is 0 Å². The summed E-state index contributed by atoms with van der Waals surface area (Å²) in [6.45, 7) is 5.21. The van der Waals surface area contributed by atoms with E-state index in [-0.39, 0.29) is 12.0 Å². The van der Waals surface area contributed by atoms with Gasteiger partial charge in [-0.2, -0.15) is 9.97 Å². The predicted octanol–water partition coefficient (Wildman–Crippen LogP) is 4.10. The van der Waals surface area contributed by atoms with Crippen LogP contribution in [-0.2, 0) is 4.57 Å². The molecular formula is C18H18FN4O2P. The number of aryl methyl sites for hydroxylation is 1. The molecule has 2 aromatic carbocycles. The van der Waals surface area contributed by atoms with E-state index < -0.39 is 13.0 Å². The monoisotopic (exact) mass is 372 g/mol. The van der Waals surface area contributed by atoms with Gasteiger partial charge in [-0.1, -0.05) is 0 Å². The SMILES string of the molecule is Cc1cc(F)cc(Oc2ncnc(Nc3ccc(P(C)(C)=O)cc3)n2)c1. The van der Waals surface area contributed by atoms with Crippen LogP contribution in [-0.4, -0.2) is 28.3 Å². The maximum Gasteiger partial charge on any atom is 0.326 e. The van der Waals surface area contributed by atoms with Gasteiger partial charge in [0.15, 0.2) is 0 Å². The number of hydrogen-bond donors (Lipinski definition) is 1. The average Bonchev–Trinajstić information content (AvgIpc) is 2.54. The third-order valence-electron chi connectivity index (χ3n) is 3.52. The Morgan fingerprint density at radius 1 is 1.08 bits per heavy atom. The molecule has 0 atom stereocenters. The number of hydrogen-bond acceptors (Lipinski definition) is 6. The van der Waals surface area contributed by atoms with E-state index >= 15 is 0 Å². The van der Waals surface area contributed by atoms with Crippen LogP contribution in [0.5, 0.6) is 11.8 Å². The zero-order chi connectivity index (χ0) is 18.7. The highest BCUT2D eigenvalue weighted by molar-refractivity contribution is 7.70. The molecule has 0 fully saturated rings. The van der Waals surface area contributed by atoms with Crippen molar-refractivity contribution >= 4 is 24.1 Å². The van der Waals surface area contributed by atoms with Crippen LogP contribution in [0.15, 0.2) is 48.8 Å². The van der Waals surface area contributed by atoms with E-state index in [1.54, 1.807) is 50.6 Å². The van der Waals surface area contributed by atoms with Crippen LogP contribution >= 0.6 is 7.14 Å². The largest absolute Gasteiger partial charge is 0.424 e. The summed E-state index contributed by atoms with van der Waals surface area (Å²) >= 11 is 0. The van der Waals surface area contributed by atoms with Gasteiger partial charge < -0.3 is 14.6 Å². The Hall–Kier alpha value is -2.79. The van der Waals surface area contributed by atoms with E-state index in [2.05, 4.69) is 20.3 Å². The molecule has 0 radical (unpaired) electrons. The summed E-state index contributed by atoms with van der Waals surface area (Å²) in [6, 6.07) is 11.6. The minimum atomic E-state index is -2.30. The Morgan fingerprint density at radius 3 is 2.46 bits per heavy atom. The number of ether oxygens (including phenoxy) is 1. The normalized spacial score (nSPS) is 11.2. The van der Waals surface area contributed by atoms with Crippen molar-refractivity contribution in [2.45, 2.75) is 6.92 Å². The van der Waals surface area contributed by atoms with Crippen LogP contribution in [0.4, 0.5) is 16.0 Å². The van der Waals surface area contributed by atoms with Gasteiger partial charge in [0.1, 0.15) is 25.0 Å². The molecule has 0 saturated heterocycles. The lowest BCUT2D eigenvalue weighted by Crippen LogP contribution is -2.04. The number of benzene rings is 2. The van der Waals surface area contributed by atoms with Gasteiger partial charge in [0.05, 0.1) is 0 Å². The minimum absolute atomic E-state index is 0.0516. The lowest BCUT2D eigenvalue weighted by molar-refractivity contribution is 0.436. The fraction of sp³-hybridized carbons (Fsp3) is 0.167. The van der Waals surface area contributed by atoms with Gasteiger partial charge in [0, 0.05) is 17.1 Å². The van der Waals surface area contributed by atoms with Gasteiger partial charge in [-0.25, -0.2) is 9.37 Å². The van der Waals surface area contributed by atoms with Gasteiger partial charge in [-0.3, -0.25) is 0 Å². The van der Waals surface area contributed by atoms with Gasteiger partial charge >= 0.3 is 6.01 Å². The summed E-state index contributed by atoms with van der Waals surface area (Å²) in [5.41, 5.74) is 1.47. The summed E-state index contributed by atoms with van der Waals surface area (Å²) in [7, 11) is -2.30. The summed E-state index contributed by atoms with van der Waals surface area (Å²) in [5.74, 6) is 0.203. The molecule has 0 unspecified atom stereocenters. The number of rotatable bonds is 5. The van der Waals surface area contributed by atoms with E-state index in [4.69, 9.17) is 4.74 Å². The molecule has 0 saturated carbocycles. The van der Waals surface area contributed by atoms with Crippen LogP contribution < -0.4 is 15.4 Å². The summed E-state index contributed by atoms with van der Waals surface area (Å²) in [6.07, 6.45) is 1.30. The molecule has 0 aliphatic heterocycles. The van der Waals surface area contributed by atoms with E-state index in [0.717, 1.165) is 16.6 Å². The van der Waals surface area contributed by atoms with Crippen molar-refractivity contribution in [2.24, 2.45) is 0 Å². The number of nitrogens with one attached hydrogen (secondary N) is 1. The van der Waals surface area contributed by atoms with Crippen LogP contribution in [0.25, 0.3) is 0 Å². The lowest BCUT2D eigenvalue weighted by Gasteiger charge is -2.09. The first-order chi connectivity index (χ1) is 12.3. The average molecular weight is 372 g/mol. The van der Waals surface area contributed by atoms with Crippen LogP contribution in [0.2, 0.25) is 0 Å². The Morgan fingerprint density at radius 2 is 1.81 bits per heavy atom. The van der Waals surface area contributed by atoms with Crippen molar-refractivity contribution in [2.75, 3.05) is 18.6 Å². The quantitative estimate of drug-likeness (QED) is 0.680. The minimum Gasteiger partial charge on any atom is -0.424 e. The third kappa shape index (κ3) is 4.64. The zero-order valence-electron chi connectivity index (χ0n) is 14.6. The molecule has 6 nitrogen and oxygen atoms in total. The molecule has 0 aliphatic rings. The van der Waals surface area contributed by atoms with Gasteiger partial charge in [0.25, 0.3) is 0 Å². The van der Waals surface area contributed by atoms with Crippen LogP contribution in [0.1, 0.15) is 5.56 Å². The Bertz CT molecular complexity index is 953. The van der Waals surface area contributed by atoms with Crippen molar-refractivity contribution in [3.8, 4) is 11.8 Å². The molecule has 0 spiro atoms. The Labute approximate surface area is 150 Å². The first kappa shape index (κ1) is 18.0. The lowest BCUT2D eigenvalue weighted by atomic mass is 10.2. The maximum atomic E-state index is 13.4. The van der Waals surface area contributed by atoms with E-state index in [1.807, 2.05) is 0 Å². The predicted molar refractivity (Wildman–Crippen MR) is 99.9 cm³/mol. The van der Waals surface area contributed by atoms with Gasteiger partial charge in [0.2, 0.25) is 5.95 Å². The highest BCUT2D eigenvalue weighted by Gasteiger charge is 2.11. The molecule has 8 heteroatoms. The number of nitrogens with zero attached hydrogens (tertiary/aromatic N) is 3. The highest BCUT2D eigenvalue weighted by atomic mass is 31.2. The fourth-order valence-corrected chi connectivity index (χ4v) is 3.16. The highest BCUT2D eigenvalue weighted by Crippen LogP contribution is 2.34. The summed E-state index contributed by atoms with van der Waals surface area (Å²) in [4.78, 5) is 12.1. The smallest absolute Gasteiger partial charge is 0.326 e. The second kappa shape index (κ2) is 7.22. The molecule has 134 valence electrons. The van der Waals surface area contributed by atoms with Crippen LogP contribution in [0, 0.1) is 12.7 Å². The first-order valence-corrected chi connectivity index (χ1v) is 10.5. The molecule has 1 aromatic heterocycles. The van der Waals surface area contributed by atoms with Crippen molar-refractivity contribution in [3.05, 3.63) is 60.2 Å². The zero-order valence-corrected chi connectivity index (χ0v) is 15.5. The second-order valence-electron chi connectivity index (χ2n) is 6.18. The second-order valence-corrected chi connectivity index (χ2v) is 9.40. The third-order valence-corrected chi connectivity index (χ3v) is 5.06. The summed E-state index contributed by atoms with van der Waals surface area (Å²) < 4.78 is 31.0. The van der Waals surface area contributed by atoms with Crippen molar-refractivity contribution in [1.82, 2.24) is 15.0 Å². The molecule has 26 heavy (non-hydrogen) atoms. The van der Waals surface area contributed by atoms with E-state index in [0.29, 0.717) is 5.75 Å². The molecule has 1 N–H and O–H groups in total. The van der Waals surface area contributed by atoms with E-state index in [1.165, 1.54) is 18.5 Å². The standard InChI is InChI=1S/C18H18FN4O2P/c1-12-8-13(19)10-15(9-12)25-18-21-11-20-17(23-18)22-14-4-6-16(7-5-14)26(2,3)24/h4-11H,1-3H3,(H,20,21,22,23). The Kier molecular flexibility index (Phi) is 5.00.